The van der Waals surface area contributed by atoms with Gasteiger partial charge < -0.3 is 29.8 Å². The quantitative estimate of drug-likeness (QED) is 0.524. The molecule has 6 nitrogen and oxygen atoms in total. The zero-order valence-corrected chi connectivity index (χ0v) is 19.4. The summed E-state index contributed by atoms with van der Waals surface area (Å²) >= 11 is 0. The number of nitrogens with two attached hydrogens (primary N) is 1. The summed E-state index contributed by atoms with van der Waals surface area (Å²) in [5.74, 6) is -0.801. The molecule has 5 rings (SSSR count). The van der Waals surface area contributed by atoms with E-state index in [1.54, 1.807) is 13.8 Å². The number of rotatable bonds is 7. The lowest BCUT2D eigenvalue weighted by Gasteiger charge is -2.37. The molecule has 2 saturated heterocycles. The highest BCUT2D eigenvalue weighted by Gasteiger charge is 2.55. The molecule has 2 fully saturated rings. The van der Waals surface area contributed by atoms with Gasteiger partial charge in [0.2, 0.25) is 0 Å². The van der Waals surface area contributed by atoms with Crippen molar-refractivity contribution in [2.75, 3.05) is 6.61 Å². The first-order valence-corrected chi connectivity index (χ1v) is 11.7. The van der Waals surface area contributed by atoms with E-state index in [4.69, 9.17) is 24.7 Å². The maximum atomic E-state index is 10.9. The summed E-state index contributed by atoms with van der Waals surface area (Å²) in [5, 5.41) is 10.9. The van der Waals surface area contributed by atoms with Crippen LogP contribution in [0, 0.1) is 0 Å². The van der Waals surface area contributed by atoms with Crippen molar-refractivity contribution >= 4 is 0 Å². The Bertz CT molecular complexity index is 979. The summed E-state index contributed by atoms with van der Waals surface area (Å²) in [6.07, 6.45) is -2.81. The van der Waals surface area contributed by atoms with Crippen LogP contribution < -0.4 is 5.73 Å². The second kappa shape index (κ2) is 9.23. The number of ether oxygens (including phenoxy) is 4. The maximum Gasteiger partial charge on any atom is 0.190 e. The van der Waals surface area contributed by atoms with Gasteiger partial charge >= 0.3 is 0 Å². The molecule has 0 aliphatic carbocycles. The van der Waals surface area contributed by atoms with Crippen molar-refractivity contribution in [1.82, 2.24) is 0 Å². The second-order valence-electron chi connectivity index (χ2n) is 9.31. The molecule has 0 bridgehead atoms. The van der Waals surface area contributed by atoms with Crippen molar-refractivity contribution in [3.05, 3.63) is 108 Å². The lowest BCUT2D eigenvalue weighted by Crippen LogP contribution is -2.49. The average Bonchev–Trinajstić information content (AvgIpc) is 3.33. The van der Waals surface area contributed by atoms with Gasteiger partial charge in [-0.3, -0.25) is 0 Å². The van der Waals surface area contributed by atoms with E-state index in [9.17, 15) is 5.11 Å². The Labute approximate surface area is 200 Å². The molecule has 34 heavy (non-hydrogen) atoms. The Hall–Kier alpha value is -2.58. The molecule has 0 spiro atoms. The smallest absolute Gasteiger partial charge is 0.190 e. The number of fused-ring (bicyclic) bond motifs is 1. The molecular weight excluding hydrogens is 430 g/mol. The van der Waals surface area contributed by atoms with Gasteiger partial charge in [0.25, 0.3) is 0 Å². The molecule has 6 heteroatoms. The first kappa shape index (κ1) is 23.2. The number of hydrogen-bond donors (Lipinski definition) is 2. The first-order chi connectivity index (χ1) is 16.4. The molecule has 3 aromatic rings. The number of benzene rings is 3. The van der Waals surface area contributed by atoms with Crippen molar-refractivity contribution in [2.24, 2.45) is 5.73 Å². The van der Waals surface area contributed by atoms with Gasteiger partial charge in [0.05, 0.1) is 12.6 Å². The fourth-order valence-electron chi connectivity index (χ4n) is 4.95. The Morgan fingerprint density at radius 3 is 1.76 bits per heavy atom. The van der Waals surface area contributed by atoms with Crippen LogP contribution in [0.3, 0.4) is 0 Å². The SMILES string of the molecule is CC1(C)O[C@@H]2O[C@H](C(N)COC(c3ccccc3)(c3ccccc3)c3ccccc3)C(O)[C@H]2O1. The van der Waals surface area contributed by atoms with Crippen LogP contribution in [-0.4, -0.2) is 48.1 Å². The van der Waals surface area contributed by atoms with Crippen LogP contribution in [0.5, 0.6) is 0 Å². The van der Waals surface area contributed by atoms with Gasteiger partial charge in [0.1, 0.15) is 23.9 Å². The van der Waals surface area contributed by atoms with Gasteiger partial charge in [0.15, 0.2) is 12.1 Å². The van der Waals surface area contributed by atoms with E-state index >= 15 is 0 Å². The van der Waals surface area contributed by atoms with Crippen LogP contribution in [0.4, 0.5) is 0 Å². The molecule has 0 radical (unpaired) electrons. The maximum absolute atomic E-state index is 10.9. The standard InChI is InChI=1S/C28H31NO5/c1-27(2)33-25-23(30)24(32-26(25)34-27)22(29)18-31-28(19-12-6-3-7-13-19,20-14-8-4-9-15-20)21-16-10-5-11-17-21/h3-17,22-26,30H,18,29H2,1-2H3/t22?,23?,24-,25-,26+/m1/s1. The van der Waals surface area contributed by atoms with E-state index in [1.807, 2.05) is 54.6 Å². The molecule has 2 heterocycles. The first-order valence-electron chi connectivity index (χ1n) is 11.7. The van der Waals surface area contributed by atoms with Crippen LogP contribution in [0.25, 0.3) is 0 Å². The molecule has 0 amide bonds. The third-order valence-electron chi connectivity index (χ3n) is 6.51. The summed E-state index contributed by atoms with van der Waals surface area (Å²) in [6.45, 7) is 3.74. The van der Waals surface area contributed by atoms with E-state index in [0.29, 0.717) is 0 Å². The van der Waals surface area contributed by atoms with E-state index in [0.717, 1.165) is 16.7 Å². The summed E-state index contributed by atoms with van der Waals surface area (Å²) in [7, 11) is 0. The molecule has 0 aromatic heterocycles. The summed E-state index contributed by atoms with van der Waals surface area (Å²) in [5.41, 5.74) is 8.62. The minimum Gasteiger partial charge on any atom is -0.387 e. The van der Waals surface area contributed by atoms with Gasteiger partial charge in [-0.1, -0.05) is 91.0 Å². The molecule has 5 atom stereocenters. The van der Waals surface area contributed by atoms with E-state index in [2.05, 4.69) is 36.4 Å². The highest BCUT2D eigenvalue weighted by atomic mass is 16.8. The predicted octanol–water partition coefficient (Wildman–Crippen LogP) is 3.56. The zero-order chi connectivity index (χ0) is 23.8. The van der Waals surface area contributed by atoms with E-state index in [-0.39, 0.29) is 6.61 Å². The minimum absolute atomic E-state index is 0.142. The zero-order valence-electron chi connectivity index (χ0n) is 19.4. The fourth-order valence-corrected chi connectivity index (χ4v) is 4.95. The van der Waals surface area contributed by atoms with Crippen LogP contribution in [0.15, 0.2) is 91.0 Å². The van der Waals surface area contributed by atoms with Gasteiger partial charge in [0, 0.05) is 0 Å². The van der Waals surface area contributed by atoms with Gasteiger partial charge in [-0.2, -0.15) is 0 Å². The van der Waals surface area contributed by atoms with Crippen LogP contribution >= 0.6 is 0 Å². The predicted molar refractivity (Wildman–Crippen MR) is 128 cm³/mol. The number of aliphatic hydroxyl groups is 1. The van der Waals surface area contributed by atoms with Crippen molar-refractivity contribution in [3.8, 4) is 0 Å². The summed E-state index contributed by atoms with van der Waals surface area (Å²) < 4.78 is 24.4. The topological polar surface area (TPSA) is 83.2 Å². The molecule has 3 aromatic carbocycles. The minimum atomic E-state index is -0.912. The van der Waals surface area contributed by atoms with E-state index < -0.39 is 42.0 Å². The average molecular weight is 462 g/mol. The number of hydrogen-bond acceptors (Lipinski definition) is 6. The number of aliphatic hydroxyl groups excluding tert-OH is 1. The van der Waals surface area contributed by atoms with Crippen LogP contribution in [0.2, 0.25) is 0 Å². The molecule has 3 N–H and O–H groups in total. The van der Waals surface area contributed by atoms with Crippen LogP contribution in [0.1, 0.15) is 30.5 Å². The Morgan fingerprint density at radius 2 is 1.32 bits per heavy atom. The van der Waals surface area contributed by atoms with Crippen molar-refractivity contribution in [2.45, 2.75) is 55.9 Å². The van der Waals surface area contributed by atoms with Crippen molar-refractivity contribution in [3.63, 3.8) is 0 Å². The summed E-state index contributed by atoms with van der Waals surface area (Å²) in [4.78, 5) is 0. The molecule has 2 unspecified atom stereocenters. The molecular formula is C28H31NO5. The normalized spacial score (nSPS) is 26.8. The lowest BCUT2D eigenvalue weighted by atomic mass is 9.80. The van der Waals surface area contributed by atoms with Gasteiger partial charge in [-0.15, -0.1) is 0 Å². The Morgan fingerprint density at radius 1 is 0.853 bits per heavy atom. The molecule has 2 aliphatic heterocycles. The van der Waals surface area contributed by atoms with Crippen molar-refractivity contribution in [1.29, 1.82) is 0 Å². The van der Waals surface area contributed by atoms with Gasteiger partial charge in [-0.25, -0.2) is 0 Å². The van der Waals surface area contributed by atoms with Crippen LogP contribution in [-0.2, 0) is 24.5 Å². The lowest BCUT2D eigenvalue weighted by molar-refractivity contribution is -0.218. The second-order valence-corrected chi connectivity index (χ2v) is 9.31. The Balaban J connectivity index is 1.46. The molecule has 0 saturated carbocycles. The Kier molecular flexibility index (Phi) is 6.29. The van der Waals surface area contributed by atoms with Gasteiger partial charge in [-0.05, 0) is 30.5 Å². The third-order valence-corrected chi connectivity index (χ3v) is 6.51. The van der Waals surface area contributed by atoms with E-state index in [1.165, 1.54) is 0 Å². The highest BCUT2D eigenvalue weighted by Crippen LogP contribution is 2.42. The fraction of sp³-hybridized carbons (Fsp3) is 0.357. The monoisotopic (exact) mass is 461 g/mol. The molecule has 2 aliphatic rings. The van der Waals surface area contributed by atoms with Crippen molar-refractivity contribution < 1.29 is 24.1 Å². The largest absolute Gasteiger partial charge is 0.387 e. The molecule has 178 valence electrons. The summed E-state index contributed by atoms with van der Waals surface area (Å²) in [6, 6.07) is 29.7. The highest BCUT2D eigenvalue weighted by molar-refractivity contribution is 5.47. The third kappa shape index (κ3) is 4.18.